The van der Waals surface area contributed by atoms with Crippen LogP contribution in [0.15, 0.2) is 24.3 Å². The van der Waals surface area contributed by atoms with Gasteiger partial charge in [0.15, 0.2) is 0 Å². The van der Waals surface area contributed by atoms with E-state index in [9.17, 15) is 17.6 Å². The molecule has 1 N–H and O–H groups in total. The number of hydrogen-bond acceptors (Lipinski definition) is 1. The van der Waals surface area contributed by atoms with Gasteiger partial charge in [0.2, 0.25) is 0 Å². The predicted molar refractivity (Wildman–Crippen MR) is 48.9 cm³/mol. The first kappa shape index (κ1) is 12.0. The molecule has 1 aromatic rings. The standard InChI is InChI=1S/C10H11F4N/c1-2-15-9(10(12,13)14)7-4-3-5-8(11)6-7/h3-6,9,15H,2H2,1H3. The Balaban J connectivity index is 2.99. The number of alkyl halides is 3. The number of halogens is 4. The fourth-order valence-corrected chi connectivity index (χ4v) is 1.31. The van der Waals surface area contributed by atoms with Crippen molar-refractivity contribution in [3.63, 3.8) is 0 Å². The Morgan fingerprint density at radius 2 is 2.00 bits per heavy atom. The highest BCUT2D eigenvalue weighted by atomic mass is 19.4. The molecule has 0 aliphatic heterocycles. The molecule has 0 saturated carbocycles. The van der Waals surface area contributed by atoms with Crippen LogP contribution in [0.5, 0.6) is 0 Å². The molecule has 84 valence electrons. The van der Waals surface area contributed by atoms with Crippen molar-refractivity contribution < 1.29 is 17.6 Å². The van der Waals surface area contributed by atoms with Crippen LogP contribution in [0, 0.1) is 5.82 Å². The fraction of sp³-hybridized carbons (Fsp3) is 0.400. The Hall–Kier alpha value is -1.10. The maximum absolute atomic E-state index is 12.8. The van der Waals surface area contributed by atoms with Crippen LogP contribution < -0.4 is 5.32 Å². The molecule has 15 heavy (non-hydrogen) atoms. The second-order valence-corrected chi connectivity index (χ2v) is 3.09. The van der Waals surface area contributed by atoms with E-state index in [1.807, 2.05) is 0 Å². The molecule has 0 saturated heterocycles. The number of rotatable bonds is 3. The Morgan fingerprint density at radius 3 is 2.47 bits per heavy atom. The fourth-order valence-electron chi connectivity index (χ4n) is 1.31. The van der Waals surface area contributed by atoms with Crippen LogP contribution in [0.2, 0.25) is 0 Å². The zero-order valence-electron chi connectivity index (χ0n) is 8.11. The summed E-state index contributed by atoms with van der Waals surface area (Å²) >= 11 is 0. The van der Waals surface area contributed by atoms with E-state index in [-0.39, 0.29) is 12.1 Å². The Labute approximate surface area is 85.1 Å². The van der Waals surface area contributed by atoms with Gasteiger partial charge in [-0.3, -0.25) is 0 Å². The van der Waals surface area contributed by atoms with Gasteiger partial charge in [-0.2, -0.15) is 13.2 Å². The summed E-state index contributed by atoms with van der Waals surface area (Å²) in [5, 5.41) is 2.27. The lowest BCUT2D eigenvalue weighted by Gasteiger charge is -2.21. The molecule has 5 heteroatoms. The summed E-state index contributed by atoms with van der Waals surface area (Å²) in [6, 6.07) is 2.71. The SMILES string of the molecule is CCNC(c1cccc(F)c1)C(F)(F)F. The Bertz CT molecular complexity index is 321. The van der Waals surface area contributed by atoms with E-state index in [2.05, 4.69) is 5.32 Å². The molecule has 0 fully saturated rings. The van der Waals surface area contributed by atoms with Gasteiger partial charge in [-0.25, -0.2) is 4.39 Å². The van der Waals surface area contributed by atoms with E-state index >= 15 is 0 Å². The third-order valence-corrected chi connectivity index (χ3v) is 1.92. The Morgan fingerprint density at radius 1 is 1.33 bits per heavy atom. The largest absolute Gasteiger partial charge is 0.407 e. The second-order valence-electron chi connectivity index (χ2n) is 3.09. The number of benzene rings is 1. The van der Waals surface area contributed by atoms with Crippen molar-refractivity contribution in [1.29, 1.82) is 0 Å². The molecule has 1 rings (SSSR count). The van der Waals surface area contributed by atoms with Crippen molar-refractivity contribution in [3.05, 3.63) is 35.6 Å². The first-order valence-electron chi connectivity index (χ1n) is 4.50. The van der Waals surface area contributed by atoms with Gasteiger partial charge in [0.25, 0.3) is 0 Å². The minimum Gasteiger partial charge on any atom is -0.303 e. The predicted octanol–water partition coefficient (Wildman–Crippen LogP) is 3.04. The van der Waals surface area contributed by atoms with Gasteiger partial charge < -0.3 is 5.32 Å². The molecule has 0 aliphatic carbocycles. The van der Waals surface area contributed by atoms with Gasteiger partial charge in [-0.05, 0) is 24.2 Å². The molecule has 0 amide bonds. The zero-order valence-corrected chi connectivity index (χ0v) is 8.11. The van der Waals surface area contributed by atoms with Crippen molar-refractivity contribution >= 4 is 0 Å². The van der Waals surface area contributed by atoms with Gasteiger partial charge in [0, 0.05) is 0 Å². The van der Waals surface area contributed by atoms with Gasteiger partial charge in [-0.15, -0.1) is 0 Å². The first-order valence-corrected chi connectivity index (χ1v) is 4.50. The van der Waals surface area contributed by atoms with E-state index in [1.165, 1.54) is 12.1 Å². The van der Waals surface area contributed by atoms with E-state index in [0.29, 0.717) is 0 Å². The molecule has 0 spiro atoms. The van der Waals surface area contributed by atoms with Crippen LogP contribution >= 0.6 is 0 Å². The molecule has 0 heterocycles. The summed E-state index contributed by atoms with van der Waals surface area (Å²) in [6.07, 6.45) is -4.41. The van der Waals surface area contributed by atoms with Crippen LogP contribution in [-0.4, -0.2) is 12.7 Å². The molecule has 0 bridgehead atoms. The van der Waals surface area contributed by atoms with Crippen molar-refractivity contribution in [2.75, 3.05) is 6.54 Å². The van der Waals surface area contributed by atoms with Gasteiger partial charge in [0.1, 0.15) is 11.9 Å². The lowest BCUT2D eigenvalue weighted by atomic mass is 10.1. The molecular formula is C10H11F4N. The third kappa shape index (κ3) is 3.20. The molecule has 0 radical (unpaired) electrons. The number of hydrogen-bond donors (Lipinski definition) is 1. The Kier molecular flexibility index (Phi) is 3.68. The lowest BCUT2D eigenvalue weighted by Crippen LogP contribution is -2.34. The maximum Gasteiger partial charge on any atom is 0.407 e. The normalized spacial score (nSPS) is 13.9. The zero-order chi connectivity index (χ0) is 11.5. The van der Waals surface area contributed by atoms with Crippen molar-refractivity contribution in [1.82, 2.24) is 5.32 Å². The molecule has 0 aromatic heterocycles. The van der Waals surface area contributed by atoms with Crippen LogP contribution in [0.4, 0.5) is 17.6 Å². The third-order valence-electron chi connectivity index (χ3n) is 1.92. The van der Waals surface area contributed by atoms with Crippen LogP contribution in [0.3, 0.4) is 0 Å². The van der Waals surface area contributed by atoms with Crippen LogP contribution in [0.1, 0.15) is 18.5 Å². The molecule has 1 unspecified atom stereocenters. The summed E-state index contributed by atoms with van der Waals surface area (Å²) in [6.45, 7) is 1.73. The summed E-state index contributed by atoms with van der Waals surface area (Å²) in [5.74, 6) is -0.667. The van der Waals surface area contributed by atoms with Crippen LogP contribution in [0.25, 0.3) is 0 Å². The maximum atomic E-state index is 12.8. The highest BCUT2D eigenvalue weighted by molar-refractivity contribution is 5.21. The van der Waals surface area contributed by atoms with E-state index in [4.69, 9.17) is 0 Å². The van der Waals surface area contributed by atoms with Crippen LogP contribution in [-0.2, 0) is 0 Å². The highest BCUT2D eigenvalue weighted by Crippen LogP contribution is 2.32. The molecular weight excluding hydrogens is 210 g/mol. The number of nitrogens with one attached hydrogen (secondary N) is 1. The monoisotopic (exact) mass is 221 g/mol. The quantitative estimate of drug-likeness (QED) is 0.773. The van der Waals surface area contributed by atoms with Crippen molar-refractivity contribution in [2.24, 2.45) is 0 Å². The summed E-state index contributed by atoms with van der Waals surface area (Å²) in [4.78, 5) is 0. The minimum atomic E-state index is -4.41. The molecule has 1 nitrogen and oxygen atoms in total. The average Bonchev–Trinajstić information content (AvgIpc) is 2.12. The van der Waals surface area contributed by atoms with Crippen molar-refractivity contribution in [3.8, 4) is 0 Å². The van der Waals surface area contributed by atoms with Crippen molar-refractivity contribution in [2.45, 2.75) is 19.1 Å². The van der Waals surface area contributed by atoms with Gasteiger partial charge >= 0.3 is 6.18 Å². The molecule has 0 aliphatic rings. The second kappa shape index (κ2) is 4.61. The highest BCUT2D eigenvalue weighted by Gasteiger charge is 2.40. The first-order chi connectivity index (χ1) is 6.95. The lowest BCUT2D eigenvalue weighted by molar-refractivity contribution is -0.157. The van der Waals surface area contributed by atoms with Gasteiger partial charge in [0.05, 0.1) is 0 Å². The summed E-state index contributed by atoms with van der Waals surface area (Å²) < 4.78 is 50.4. The van der Waals surface area contributed by atoms with E-state index in [0.717, 1.165) is 12.1 Å². The average molecular weight is 221 g/mol. The van der Waals surface area contributed by atoms with Gasteiger partial charge in [-0.1, -0.05) is 19.1 Å². The molecule has 1 aromatic carbocycles. The van der Waals surface area contributed by atoms with E-state index in [1.54, 1.807) is 6.92 Å². The summed E-state index contributed by atoms with van der Waals surface area (Å²) in [5.41, 5.74) is -0.107. The summed E-state index contributed by atoms with van der Waals surface area (Å²) in [7, 11) is 0. The smallest absolute Gasteiger partial charge is 0.303 e. The molecule has 1 atom stereocenters. The van der Waals surface area contributed by atoms with E-state index < -0.39 is 18.0 Å². The topological polar surface area (TPSA) is 12.0 Å². The minimum absolute atomic E-state index is 0.107.